The molecule has 0 aliphatic heterocycles. The Bertz CT molecular complexity index is 523. The van der Waals surface area contributed by atoms with Gasteiger partial charge in [-0.15, -0.1) is 0 Å². The van der Waals surface area contributed by atoms with E-state index in [0.29, 0.717) is 22.6 Å². The number of ether oxygens (including phenoxy) is 1. The van der Waals surface area contributed by atoms with Gasteiger partial charge in [-0.25, -0.2) is 4.39 Å². The second-order valence-electron chi connectivity index (χ2n) is 3.69. The molecular formula is C12H13FN2O2. The monoisotopic (exact) mass is 236 g/mol. The minimum absolute atomic E-state index is 0.209. The number of nitrogens with zero attached hydrogens (tertiary/aromatic N) is 1. The summed E-state index contributed by atoms with van der Waals surface area (Å²) in [5.74, 6) is 0.809. The highest BCUT2D eigenvalue weighted by molar-refractivity contribution is 5.69. The van der Waals surface area contributed by atoms with Crippen molar-refractivity contribution in [1.29, 1.82) is 0 Å². The molecule has 1 unspecified atom stereocenters. The van der Waals surface area contributed by atoms with Gasteiger partial charge in [-0.2, -0.15) is 0 Å². The average Bonchev–Trinajstić information content (AvgIpc) is 2.74. The predicted octanol–water partition coefficient (Wildman–Crippen LogP) is 2.96. The maximum absolute atomic E-state index is 13.3. The van der Waals surface area contributed by atoms with Crippen molar-refractivity contribution in [1.82, 2.24) is 5.16 Å². The third kappa shape index (κ3) is 2.22. The minimum atomic E-state index is -1.05. The van der Waals surface area contributed by atoms with Crippen LogP contribution in [0.5, 0.6) is 5.75 Å². The molecule has 2 rings (SSSR count). The van der Waals surface area contributed by atoms with Crippen LogP contribution in [-0.4, -0.2) is 12.3 Å². The van der Waals surface area contributed by atoms with Crippen LogP contribution in [0.15, 0.2) is 28.8 Å². The molecule has 1 aromatic carbocycles. The summed E-state index contributed by atoms with van der Waals surface area (Å²) in [5.41, 5.74) is 7.21. The van der Waals surface area contributed by atoms with E-state index >= 15 is 0 Å². The van der Waals surface area contributed by atoms with Crippen LogP contribution in [-0.2, 0) is 0 Å². The van der Waals surface area contributed by atoms with Gasteiger partial charge in [-0.1, -0.05) is 11.2 Å². The Hall–Kier alpha value is -2.04. The summed E-state index contributed by atoms with van der Waals surface area (Å²) in [7, 11) is 1.54. The molecule has 0 amide bonds. The fraction of sp³-hybridized carbons (Fsp3) is 0.250. The average molecular weight is 236 g/mol. The van der Waals surface area contributed by atoms with Crippen molar-refractivity contribution in [2.24, 2.45) is 0 Å². The van der Waals surface area contributed by atoms with E-state index in [4.69, 9.17) is 15.0 Å². The Morgan fingerprint density at radius 1 is 1.41 bits per heavy atom. The van der Waals surface area contributed by atoms with Gasteiger partial charge in [0.2, 0.25) is 5.88 Å². The van der Waals surface area contributed by atoms with Gasteiger partial charge >= 0.3 is 0 Å². The molecule has 2 aromatic rings. The van der Waals surface area contributed by atoms with Crippen LogP contribution in [0.25, 0.3) is 11.3 Å². The van der Waals surface area contributed by atoms with Crippen LogP contribution >= 0.6 is 0 Å². The largest absolute Gasteiger partial charge is 0.496 e. The molecule has 90 valence electrons. The van der Waals surface area contributed by atoms with E-state index in [-0.39, 0.29) is 5.88 Å². The van der Waals surface area contributed by atoms with Gasteiger partial charge in [0.15, 0.2) is 0 Å². The van der Waals surface area contributed by atoms with Crippen LogP contribution in [0.3, 0.4) is 0 Å². The van der Waals surface area contributed by atoms with Crippen LogP contribution < -0.4 is 10.5 Å². The number of rotatable bonds is 3. The highest BCUT2D eigenvalue weighted by Gasteiger charge is 2.13. The highest BCUT2D eigenvalue weighted by atomic mass is 19.1. The van der Waals surface area contributed by atoms with Crippen molar-refractivity contribution < 1.29 is 13.7 Å². The standard InChI is InChI=1S/C12H13FN2O2/c1-7(13)8-3-4-11(16-2)9(5-8)10-6-12(14)17-15-10/h3-7H,14H2,1-2H3. The molecule has 0 radical (unpaired) electrons. The lowest BCUT2D eigenvalue weighted by Crippen LogP contribution is -1.92. The van der Waals surface area contributed by atoms with Crippen LogP contribution in [0, 0.1) is 0 Å². The van der Waals surface area contributed by atoms with Crippen molar-refractivity contribution in [2.45, 2.75) is 13.1 Å². The van der Waals surface area contributed by atoms with Crippen molar-refractivity contribution >= 4 is 5.88 Å². The second-order valence-corrected chi connectivity index (χ2v) is 3.69. The molecule has 0 spiro atoms. The number of nitrogens with two attached hydrogens (primary N) is 1. The fourth-order valence-corrected chi connectivity index (χ4v) is 1.59. The Morgan fingerprint density at radius 2 is 2.18 bits per heavy atom. The lowest BCUT2D eigenvalue weighted by molar-refractivity contribution is 0.373. The van der Waals surface area contributed by atoms with E-state index in [1.54, 1.807) is 31.4 Å². The van der Waals surface area contributed by atoms with E-state index in [9.17, 15) is 4.39 Å². The van der Waals surface area contributed by atoms with Gasteiger partial charge in [-0.3, -0.25) is 0 Å². The molecule has 17 heavy (non-hydrogen) atoms. The first kappa shape index (κ1) is 11.4. The van der Waals surface area contributed by atoms with Gasteiger partial charge in [-0.05, 0) is 24.6 Å². The molecule has 1 heterocycles. The third-order valence-electron chi connectivity index (χ3n) is 2.49. The number of hydrogen-bond donors (Lipinski definition) is 1. The maximum Gasteiger partial charge on any atom is 0.222 e. The number of aromatic nitrogens is 1. The second kappa shape index (κ2) is 4.45. The van der Waals surface area contributed by atoms with E-state index in [2.05, 4.69) is 5.16 Å². The summed E-state index contributed by atoms with van der Waals surface area (Å²) in [6, 6.07) is 6.63. The molecule has 5 heteroatoms. The molecule has 0 saturated carbocycles. The van der Waals surface area contributed by atoms with E-state index in [0.717, 1.165) is 0 Å². The molecule has 0 bridgehead atoms. The number of methoxy groups -OCH3 is 1. The first-order valence-electron chi connectivity index (χ1n) is 5.16. The van der Waals surface area contributed by atoms with Crippen LogP contribution in [0.2, 0.25) is 0 Å². The smallest absolute Gasteiger partial charge is 0.222 e. The normalized spacial score (nSPS) is 12.4. The summed E-state index contributed by atoms with van der Waals surface area (Å²) < 4.78 is 23.3. The molecule has 2 N–H and O–H groups in total. The summed E-state index contributed by atoms with van der Waals surface area (Å²) in [4.78, 5) is 0. The number of anilines is 1. The number of halogens is 1. The first-order chi connectivity index (χ1) is 8.11. The summed E-state index contributed by atoms with van der Waals surface area (Å²) in [6.07, 6.45) is -1.05. The molecule has 0 saturated heterocycles. The number of alkyl halides is 1. The van der Waals surface area contributed by atoms with Crippen molar-refractivity contribution in [3.63, 3.8) is 0 Å². The summed E-state index contributed by atoms with van der Waals surface area (Å²) in [6.45, 7) is 1.47. The molecule has 1 atom stereocenters. The number of nitrogen functional groups attached to an aromatic ring is 1. The Labute approximate surface area is 98.2 Å². The zero-order chi connectivity index (χ0) is 12.4. The van der Waals surface area contributed by atoms with Crippen molar-refractivity contribution in [3.8, 4) is 17.0 Å². The predicted molar refractivity (Wildman–Crippen MR) is 62.4 cm³/mol. The molecular weight excluding hydrogens is 223 g/mol. The maximum atomic E-state index is 13.3. The molecule has 0 aliphatic rings. The quantitative estimate of drug-likeness (QED) is 0.889. The van der Waals surface area contributed by atoms with E-state index in [1.165, 1.54) is 6.92 Å². The van der Waals surface area contributed by atoms with Crippen molar-refractivity contribution in [2.75, 3.05) is 12.8 Å². The molecule has 4 nitrogen and oxygen atoms in total. The van der Waals surface area contributed by atoms with Gasteiger partial charge in [0.05, 0.1) is 7.11 Å². The van der Waals surface area contributed by atoms with E-state index in [1.807, 2.05) is 0 Å². The molecule has 0 fully saturated rings. The SMILES string of the molecule is COc1ccc(C(C)F)cc1-c1cc(N)on1. The zero-order valence-corrected chi connectivity index (χ0v) is 9.61. The summed E-state index contributed by atoms with van der Waals surface area (Å²) >= 11 is 0. The van der Waals surface area contributed by atoms with Crippen molar-refractivity contribution in [3.05, 3.63) is 29.8 Å². The zero-order valence-electron chi connectivity index (χ0n) is 9.61. The fourth-order valence-electron chi connectivity index (χ4n) is 1.59. The van der Waals surface area contributed by atoms with E-state index < -0.39 is 6.17 Å². The molecule has 0 aliphatic carbocycles. The van der Waals surface area contributed by atoms with Gasteiger partial charge in [0.25, 0.3) is 0 Å². The van der Waals surface area contributed by atoms with Crippen LogP contribution in [0.1, 0.15) is 18.7 Å². The number of hydrogen-bond acceptors (Lipinski definition) is 4. The lowest BCUT2D eigenvalue weighted by atomic mass is 10.0. The van der Waals surface area contributed by atoms with Crippen LogP contribution in [0.4, 0.5) is 10.3 Å². The molecule has 1 aromatic heterocycles. The first-order valence-corrected chi connectivity index (χ1v) is 5.16. The Kier molecular flexibility index (Phi) is 2.99. The third-order valence-corrected chi connectivity index (χ3v) is 2.49. The number of benzene rings is 1. The highest BCUT2D eigenvalue weighted by Crippen LogP contribution is 2.33. The minimum Gasteiger partial charge on any atom is -0.496 e. The van der Waals surface area contributed by atoms with Gasteiger partial charge in [0, 0.05) is 11.6 Å². The van der Waals surface area contributed by atoms with Gasteiger partial charge in [0.1, 0.15) is 17.6 Å². The van der Waals surface area contributed by atoms with Gasteiger partial charge < -0.3 is 15.0 Å². The summed E-state index contributed by atoms with van der Waals surface area (Å²) in [5, 5.41) is 3.79. The Morgan fingerprint density at radius 3 is 2.71 bits per heavy atom. The lowest BCUT2D eigenvalue weighted by Gasteiger charge is -2.09. The topological polar surface area (TPSA) is 61.3 Å². The Balaban J connectivity index is 2.53.